The van der Waals surface area contributed by atoms with Gasteiger partial charge in [0.05, 0.1) is 12.5 Å². The Balaban J connectivity index is 2.04. The number of carbonyl (C=O) groups is 1. The first-order valence-corrected chi connectivity index (χ1v) is 7.11. The lowest BCUT2D eigenvalue weighted by Crippen LogP contribution is -2.58. The fourth-order valence-electron chi connectivity index (χ4n) is 3.17. The number of piperazine rings is 1. The number of likely N-dealkylation sites (N-methyl/N-ethyl adjacent to an activating group) is 1. The molecule has 1 aliphatic carbocycles. The van der Waals surface area contributed by atoms with Gasteiger partial charge in [0.15, 0.2) is 0 Å². The van der Waals surface area contributed by atoms with E-state index in [1.54, 1.807) is 0 Å². The Kier molecular flexibility index (Phi) is 4.60. The van der Waals surface area contributed by atoms with Crippen LogP contribution in [0.1, 0.15) is 44.9 Å². The predicted molar refractivity (Wildman–Crippen MR) is 69.9 cm³/mol. The van der Waals surface area contributed by atoms with Crippen LogP contribution in [0.15, 0.2) is 0 Å². The molecule has 0 radical (unpaired) electrons. The van der Waals surface area contributed by atoms with E-state index < -0.39 is 0 Å². The molecule has 1 amide bonds. The summed E-state index contributed by atoms with van der Waals surface area (Å²) >= 11 is 0. The topological polar surface area (TPSA) is 47.3 Å². The monoisotopic (exact) mass is 249 g/mol. The lowest BCUT2D eigenvalue weighted by Gasteiger charge is -2.41. The second-order valence-electron chi connectivity index (χ2n) is 5.54. The molecule has 1 saturated heterocycles. The van der Waals surface area contributed by atoms with Crippen LogP contribution in [0.3, 0.4) is 0 Å². The average Bonchev–Trinajstić information content (AvgIpc) is 2.63. The van der Waals surface area contributed by atoms with E-state index in [0.29, 0.717) is 12.5 Å². The first kappa shape index (κ1) is 13.4. The van der Waals surface area contributed by atoms with Gasteiger partial charge in [-0.15, -0.1) is 0 Å². The number of hydrogen-bond donors (Lipinski definition) is 0. The van der Waals surface area contributed by atoms with Crippen LogP contribution in [0.5, 0.6) is 0 Å². The molecule has 1 aliphatic heterocycles. The zero-order chi connectivity index (χ0) is 13.0. The molecule has 1 unspecified atom stereocenters. The third-order valence-corrected chi connectivity index (χ3v) is 4.34. The van der Waals surface area contributed by atoms with E-state index in [0.717, 1.165) is 25.9 Å². The lowest BCUT2D eigenvalue weighted by atomic mass is 10.0. The van der Waals surface area contributed by atoms with Gasteiger partial charge in [-0.3, -0.25) is 9.69 Å². The largest absolute Gasteiger partial charge is 0.337 e. The second kappa shape index (κ2) is 6.19. The molecule has 100 valence electrons. The molecule has 1 saturated carbocycles. The first-order valence-electron chi connectivity index (χ1n) is 7.11. The van der Waals surface area contributed by atoms with Crippen molar-refractivity contribution in [2.24, 2.45) is 0 Å². The minimum absolute atomic E-state index is 0.178. The first-order chi connectivity index (χ1) is 8.74. The van der Waals surface area contributed by atoms with Crippen molar-refractivity contribution >= 4 is 5.91 Å². The molecule has 0 N–H and O–H groups in total. The van der Waals surface area contributed by atoms with E-state index in [-0.39, 0.29) is 11.9 Å². The lowest BCUT2D eigenvalue weighted by molar-refractivity contribution is -0.143. The molecule has 1 heterocycles. The molecule has 4 heteroatoms. The Morgan fingerprint density at radius 3 is 2.50 bits per heavy atom. The molecule has 0 aromatic carbocycles. The maximum absolute atomic E-state index is 12.5. The third-order valence-electron chi connectivity index (χ3n) is 4.34. The van der Waals surface area contributed by atoms with Gasteiger partial charge in [-0.1, -0.05) is 25.7 Å². The quantitative estimate of drug-likeness (QED) is 0.701. The van der Waals surface area contributed by atoms with Crippen LogP contribution in [0, 0.1) is 11.3 Å². The number of hydrogen-bond acceptors (Lipinski definition) is 3. The molecule has 0 aromatic heterocycles. The predicted octanol–water partition coefficient (Wildman–Crippen LogP) is 1.77. The minimum Gasteiger partial charge on any atom is -0.337 e. The highest BCUT2D eigenvalue weighted by Gasteiger charge is 2.35. The van der Waals surface area contributed by atoms with E-state index in [1.807, 2.05) is 11.9 Å². The highest BCUT2D eigenvalue weighted by Crippen LogP contribution is 2.25. The normalized spacial score (nSPS) is 27.9. The SMILES string of the molecule is CN1CCN(C2CCCCCC2)C(=O)C1CC#N. The summed E-state index contributed by atoms with van der Waals surface area (Å²) in [4.78, 5) is 16.6. The van der Waals surface area contributed by atoms with Crippen LogP contribution in [0.2, 0.25) is 0 Å². The second-order valence-corrected chi connectivity index (χ2v) is 5.54. The fourth-order valence-corrected chi connectivity index (χ4v) is 3.17. The van der Waals surface area contributed by atoms with Gasteiger partial charge in [0.25, 0.3) is 0 Å². The molecule has 18 heavy (non-hydrogen) atoms. The van der Waals surface area contributed by atoms with Crippen molar-refractivity contribution in [2.75, 3.05) is 20.1 Å². The summed E-state index contributed by atoms with van der Waals surface area (Å²) in [5.41, 5.74) is 0. The number of nitriles is 1. The van der Waals surface area contributed by atoms with Gasteiger partial charge in [0.1, 0.15) is 6.04 Å². The Morgan fingerprint density at radius 2 is 1.89 bits per heavy atom. The summed E-state index contributed by atoms with van der Waals surface area (Å²) in [5, 5.41) is 8.85. The van der Waals surface area contributed by atoms with Crippen molar-refractivity contribution in [3.8, 4) is 6.07 Å². The molecule has 0 spiro atoms. The summed E-state index contributed by atoms with van der Waals surface area (Å²) in [5.74, 6) is 0.178. The van der Waals surface area contributed by atoms with E-state index in [4.69, 9.17) is 5.26 Å². The van der Waals surface area contributed by atoms with Crippen LogP contribution in [-0.2, 0) is 4.79 Å². The molecule has 1 atom stereocenters. The Labute approximate surface area is 110 Å². The third kappa shape index (κ3) is 2.84. The number of amides is 1. The molecule has 0 aromatic rings. The van der Waals surface area contributed by atoms with E-state index in [9.17, 15) is 4.79 Å². The van der Waals surface area contributed by atoms with Crippen molar-refractivity contribution in [1.82, 2.24) is 9.80 Å². The van der Waals surface area contributed by atoms with Crippen molar-refractivity contribution in [2.45, 2.75) is 57.0 Å². The van der Waals surface area contributed by atoms with Gasteiger partial charge in [-0.05, 0) is 19.9 Å². The summed E-state index contributed by atoms with van der Waals surface area (Å²) in [6.07, 6.45) is 7.71. The van der Waals surface area contributed by atoms with Crippen LogP contribution >= 0.6 is 0 Å². The van der Waals surface area contributed by atoms with E-state index in [2.05, 4.69) is 11.0 Å². The smallest absolute Gasteiger partial charge is 0.241 e. The van der Waals surface area contributed by atoms with Crippen molar-refractivity contribution in [1.29, 1.82) is 5.26 Å². The summed E-state index contributed by atoms with van der Waals surface area (Å²) in [6.45, 7) is 1.73. The van der Waals surface area contributed by atoms with Gasteiger partial charge >= 0.3 is 0 Å². The number of carbonyl (C=O) groups excluding carboxylic acids is 1. The van der Waals surface area contributed by atoms with Crippen molar-refractivity contribution in [3.63, 3.8) is 0 Å². The maximum Gasteiger partial charge on any atom is 0.241 e. The average molecular weight is 249 g/mol. The van der Waals surface area contributed by atoms with Gasteiger partial charge < -0.3 is 4.90 Å². The molecule has 2 rings (SSSR count). The van der Waals surface area contributed by atoms with Crippen LogP contribution < -0.4 is 0 Å². The summed E-state index contributed by atoms with van der Waals surface area (Å²) < 4.78 is 0. The van der Waals surface area contributed by atoms with Gasteiger partial charge in [-0.25, -0.2) is 0 Å². The molecule has 0 bridgehead atoms. The van der Waals surface area contributed by atoms with Crippen LogP contribution in [-0.4, -0.2) is 47.9 Å². The Hall–Kier alpha value is -1.08. The van der Waals surface area contributed by atoms with Gasteiger partial charge in [0.2, 0.25) is 5.91 Å². The summed E-state index contributed by atoms with van der Waals surface area (Å²) in [7, 11) is 1.95. The zero-order valence-corrected chi connectivity index (χ0v) is 11.3. The highest BCUT2D eigenvalue weighted by atomic mass is 16.2. The fraction of sp³-hybridized carbons (Fsp3) is 0.857. The standard InChI is InChI=1S/C14H23N3O/c1-16-10-11-17(14(18)13(16)8-9-15)12-6-4-2-3-5-7-12/h12-13H,2-8,10-11H2,1H3. The van der Waals surface area contributed by atoms with Crippen LogP contribution in [0.4, 0.5) is 0 Å². The Morgan fingerprint density at radius 1 is 1.22 bits per heavy atom. The highest BCUT2D eigenvalue weighted by molar-refractivity contribution is 5.83. The maximum atomic E-state index is 12.5. The molecule has 4 nitrogen and oxygen atoms in total. The molecular formula is C14H23N3O. The van der Waals surface area contributed by atoms with E-state index in [1.165, 1.54) is 25.7 Å². The number of nitrogens with zero attached hydrogens (tertiary/aromatic N) is 3. The van der Waals surface area contributed by atoms with Gasteiger partial charge in [-0.2, -0.15) is 5.26 Å². The Bertz CT molecular complexity index is 328. The summed E-state index contributed by atoms with van der Waals surface area (Å²) in [6, 6.07) is 2.35. The molecule has 2 fully saturated rings. The minimum atomic E-state index is -0.216. The molecular weight excluding hydrogens is 226 g/mol. The van der Waals surface area contributed by atoms with E-state index >= 15 is 0 Å². The van der Waals surface area contributed by atoms with Gasteiger partial charge in [0, 0.05) is 19.1 Å². The number of rotatable bonds is 2. The zero-order valence-electron chi connectivity index (χ0n) is 11.3. The van der Waals surface area contributed by atoms with Crippen molar-refractivity contribution in [3.05, 3.63) is 0 Å². The van der Waals surface area contributed by atoms with Crippen LogP contribution in [0.25, 0.3) is 0 Å². The van der Waals surface area contributed by atoms with Crippen molar-refractivity contribution < 1.29 is 4.79 Å². The molecule has 2 aliphatic rings.